The molecule has 4 unspecified atom stereocenters. The molecule has 5 heteroatoms. The Bertz CT molecular complexity index is 320. The molecular weight excluding hydrogens is 244 g/mol. The van der Waals surface area contributed by atoms with E-state index in [1.54, 1.807) is 0 Å². The number of piperidine rings is 1. The van der Waals surface area contributed by atoms with Gasteiger partial charge < -0.3 is 15.4 Å². The highest BCUT2D eigenvalue weighted by Gasteiger charge is 2.31. The Hall–Kier alpha value is -1.10. The van der Waals surface area contributed by atoms with Gasteiger partial charge in [-0.25, -0.2) is 4.79 Å². The molecule has 0 saturated carbocycles. The van der Waals surface area contributed by atoms with Gasteiger partial charge in [-0.3, -0.25) is 4.79 Å². The van der Waals surface area contributed by atoms with Crippen molar-refractivity contribution in [3.05, 3.63) is 0 Å². The maximum atomic E-state index is 12.2. The largest absolute Gasteiger partial charge is 0.467 e. The lowest BCUT2D eigenvalue weighted by Gasteiger charge is -2.29. The fourth-order valence-electron chi connectivity index (χ4n) is 2.44. The molecule has 2 N–H and O–H groups in total. The van der Waals surface area contributed by atoms with Crippen LogP contribution in [0.25, 0.3) is 0 Å². The summed E-state index contributed by atoms with van der Waals surface area (Å²) in [6.07, 6.45) is 2.47. The average molecular weight is 270 g/mol. The summed E-state index contributed by atoms with van der Waals surface area (Å²) in [5.41, 5.74) is 0. The Morgan fingerprint density at radius 1 is 1.47 bits per heavy atom. The van der Waals surface area contributed by atoms with E-state index >= 15 is 0 Å². The van der Waals surface area contributed by atoms with Crippen molar-refractivity contribution in [1.82, 2.24) is 10.6 Å². The Balaban J connectivity index is 2.62. The van der Waals surface area contributed by atoms with Gasteiger partial charge in [-0.15, -0.1) is 0 Å². The summed E-state index contributed by atoms with van der Waals surface area (Å²) in [6.45, 7) is 6.88. The van der Waals surface area contributed by atoms with Crippen LogP contribution in [0.15, 0.2) is 0 Å². The average Bonchev–Trinajstić information content (AvgIpc) is 2.42. The summed E-state index contributed by atoms with van der Waals surface area (Å²) in [6, 6.07) is -0.183. The summed E-state index contributed by atoms with van der Waals surface area (Å²) in [5.74, 6) is -0.309. The molecule has 0 aromatic rings. The van der Waals surface area contributed by atoms with Gasteiger partial charge in [0.1, 0.15) is 6.04 Å². The molecule has 1 saturated heterocycles. The van der Waals surface area contributed by atoms with Crippen LogP contribution < -0.4 is 10.6 Å². The summed E-state index contributed by atoms with van der Waals surface area (Å²) in [5, 5.41) is 6.18. The molecule has 1 aliphatic rings. The third kappa shape index (κ3) is 4.49. The zero-order chi connectivity index (χ0) is 14.4. The minimum absolute atomic E-state index is 0.00698. The normalized spacial score (nSPS) is 26.3. The van der Waals surface area contributed by atoms with Crippen molar-refractivity contribution in [2.45, 2.75) is 52.1 Å². The van der Waals surface area contributed by atoms with Crippen LogP contribution in [0, 0.1) is 11.8 Å². The molecule has 4 atom stereocenters. The number of carbonyl (C=O) groups is 2. The maximum Gasteiger partial charge on any atom is 0.328 e. The minimum Gasteiger partial charge on any atom is -0.467 e. The lowest BCUT2D eigenvalue weighted by molar-refractivity contribution is -0.147. The van der Waals surface area contributed by atoms with Crippen LogP contribution in [-0.2, 0) is 14.3 Å². The molecule has 19 heavy (non-hydrogen) atoms. The van der Waals surface area contributed by atoms with Crippen molar-refractivity contribution in [3.63, 3.8) is 0 Å². The number of hydrogen-bond donors (Lipinski definition) is 2. The third-order valence-corrected chi connectivity index (χ3v) is 3.96. The third-order valence-electron chi connectivity index (χ3n) is 3.96. The zero-order valence-electron chi connectivity index (χ0n) is 12.4. The Morgan fingerprint density at radius 2 is 2.16 bits per heavy atom. The van der Waals surface area contributed by atoms with Gasteiger partial charge in [0.2, 0.25) is 5.91 Å². The number of methoxy groups -OCH3 is 1. The SMILES string of the molecule is CCC(C)C(NC(=O)C1CCNC(C)C1)C(=O)OC. The second-order valence-electron chi connectivity index (χ2n) is 5.47. The predicted molar refractivity (Wildman–Crippen MR) is 73.6 cm³/mol. The van der Waals surface area contributed by atoms with Crippen molar-refractivity contribution in [2.75, 3.05) is 13.7 Å². The van der Waals surface area contributed by atoms with Crippen LogP contribution in [0.1, 0.15) is 40.0 Å². The van der Waals surface area contributed by atoms with Gasteiger partial charge >= 0.3 is 5.97 Å². The first-order valence-electron chi connectivity index (χ1n) is 7.11. The summed E-state index contributed by atoms with van der Waals surface area (Å²) in [4.78, 5) is 24.0. The van der Waals surface area contributed by atoms with E-state index in [0.717, 1.165) is 25.8 Å². The number of carbonyl (C=O) groups excluding carboxylic acids is 2. The van der Waals surface area contributed by atoms with Gasteiger partial charge in [-0.2, -0.15) is 0 Å². The Morgan fingerprint density at radius 3 is 2.68 bits per heavy atom. The number of esters is 1. The van der Waals surface area contributed by atoms with Gasteiger partial charge in [0.05, 0.1) is 7.11 Å². The molecular formula is C14H26N2O3. The zero-order valence-corrected chi connectivity index (χ0v) is 12.4. The maximum absolute atomic E-state index is 12.2. The van der Waals surface area contributed by atoms with Crippen LogP contribution in [0.4, 0.5) is 0 Å². The molecule has 0 spiro atoms. The van der Waals surface area contributed by atoms with E-state index < -0.39 is 6.04 Å². The number of rotatable bonds is 5. The van der Waals surface area contributed by atoms with Crippen LogP contribution in [0.5, 0.6) is 0 Å². The van der Waals surface area contributed by atoms with E-state index in [0.29, 0.717) is 6.04 Å². The molecule has 0 bridgehead atoms. The molecule has 1 aliphatic heterocycles. The van der Waals surface area contributed by atoms with Crippen LogP contribution in [0.3, 0.4) is 0 Å². The van der Waals surface area contributed by atoms with Crippen molar-refractivity contribution < 1.29 is 14.3 Å². The van der Waals surface area contributed by atoms with Crippen LogP contribution in [0.2, 0.25) is 0 Å². The first kappa shape index (κ1) is 16.0. The lowest BCUT2D eigenvalue weighted by atomic mass is 9.91. The molecule has 0 radical (unpaired) electrons. The number of ether oxygens (including phenoxy) is 1. The van der Waals surface area contributed by atoms with Crippen molar-refractivity contribution >= 4 is 11.9 Å². The van der Waals surface area contributed by atoms with Crippen LogP contribution in [-0.4, -0.2) is 37.6 Å². The monoisotopic (exact) mass is 270 g/mol. The van der Waals surface area contributed by atoms with E-state index in [2.05, 4.69) is 17.6 Å². The van der Waals surface area contributed by atoms with E-state index in [4.69, 9.17) is 4.74 Å². The number of amides is 1. The minimum atomic E-state index is -0.535. The van der Waals surface area contributed by atoms with Crippen molar-refractivity contribution in [2.24, 2.45) is 11.8 Å². The molecule has 110 valence electrons. The predicted octanol–water partition coefficient (Wildman–Crippen LogP) is 1.08. The smallest absolute Gasteiger partial charge is 0.328 e. The molecule has 1 fully saturated rings. The van der Waals surface area contributed by atoms with E-state index in [1.165, 1.54) is 7.11 Å². The quantitative estimate of drug-likeness (QED) is 0.734. The molecule has 0 aromatic carbocycles. The van der Waals surface area contributed by atoms with Crippen molar-refractivity contribution in [3.8, 4) is 0 Å². The summed E-state index contributed by atoms with van der Waals surface area (Å²) in [7, 11) is 1.36. The topological polar surface area (TPSA) is 67.4 Å². The van der Waals surface area contributed by atoms with Gasteiger partial charge in [-0.05, 0) is 32.2 Å². The van der Waals surface area contributed by atoms with Crippen LogP contribution >= 0.6 is 0 Å². The standard InChI is InChI=1S/C14H26N2O3/c1-5-9(2)12(14(18)19-4)16-13(17)11-6-7-15-10(3)8-11/h9-12,15H,5-8H2,1-4H3,(H,16,17). The number of hydrogen-bond acceptors (Lipinski definition) is 4. The van der Waals surface area contributed by atoms with Gasteiger partial charge in [0.15, 0.2) is 0 Å². The molecule has 0 aromatic heterocycles. The highest BCUT2D eigenvalue weighted by Crippen LogP contribution is 2.17. The lowest BCUT2D eigenvalue weighted by Crippen LogP contribution is -2.50. The second-order valence-corrected chi connectivity index (χ2v) is 5.47. The molecule has 0 aliphatic carbocycles. The Kier molecular flexibility index (Phi) is 6.28. The van der Waals surface area contributed by atoms with Crippen molar-refractivity contribution in [1.29, 1.82) is 0 Å². The molecule has 5 nitrogen and oxygen atoms in total. The van der Waals surface area contributed by atoms with Gasteiger partial charge in [0, 0.05) is 12.0 Å². The second kappa shape index (κ2) is 7.48. The fourth-order valence-corrected chi connectivity index (χ4v) is 2.44. The fraction of sp³-hybridized carbons (Fsp3) is 0.857. The van der Waals surface area contributed by atoms with E-state index in [1.807, 2.05) is 13.8 Å². The van der Waals surface area contributed by atoms with E-state index in [-0.39, 0.29) is 23.7 Å². The highest BCUT2D eigenvalue weighted by atomic mass is 16.5. The van der Waals surface area contributed by atoms with Gasteiger partial charge in [-0.1, -0.05) is 20.3 Å². The first-order valence-corrected chi connectivity index (χ1v) is 7.11. The first-order chi connectivity index (χ1) is 8.99. The molecule has 1 rings (SSSR count). The molecule has 1 heterocycles. The highest BCUT2D eigenvalue weighted by molar-refractivity contribution is 5.86. The number of nitrogens with one attached hydrogen (secondary N) is 2. The Labute approximate surface area is 115 Å². The van der Waals surface area contributed by atoms with Gasteiger partial charge in [0.25, 0.3) is 0 Å². The summed E-state index contributed by atoms with van der Waals surface area (Å²) < 4.78 is 4.78. The molecule has 1 amide bonds. The summed E-state index contributed by atoms with van der Waals surface area (Å²) >= 11 is 0. The van der Waals surface area contributed by atoms with E-state index in [9.17, 15) is 9.59 Å².